The van der Waals surface area contributed by atoms with Crippen LogP contribution in [0, 0.1) is 0 Å². The lowest BCUT2D eigenvalue weighted by Crippen LogP contribution is -2.33. The summed E-state index contributed by atoms with van der Waals surface area (Å²) in [7, 11) is 0. The SMILES string of the molecule is Nc1cnccc1N1CCCNC(=O)C1. The van der Waals surface area contributed by atoms with Gasteiger partial charge >= 0.3 is 0 Å². The van der Waals surface area contributed by atoms with E-state index in [-0.39, 0.29) is 5.91 Å². The number of nitrogen functional groups attached to an aromatic ring is 1. The fourth-order valence-electron chi connectivity index (χ4n) is 1.70. The molecule has 0 radical (unpaired) electrons. The molecule has 2 rings (SSSR count). The number of aromatic nitrogens is 1. The summed E-state index contributed by atoms with van der Waals surface area (Å²) in [6.07, 6.45) is 4.24. The smallest absolute Gasteiger partial charge is 0.239 e. The molecule has 1 saturated heterocycles. The Morgan fingerprint density at radius 3 is 3.20 bits per heavy atom. The molecule has 0 spiro atoms. The average Bonchev–Trinajstić information content (AvgIpc) is 2.43. The van der Waals surface area contributed by atoms with Crippen LogP contribution in [0.15, 0.2) is 18.5 Å². The van der Waals surface area contributed by atoms with Crippen molar-refractivity contribution in [3.63, 3.8) is 0 Å². The first-order valence-corrected chi connectivity index (χ1v) is 4.98. The van der Waals surface area contributed by atoms with Gasteiger partial charge in [0, 0.05) is 19.3 Å². The number of carbonyl (C=O) groups excluding carboxylic acids is 1. The second-order valence-corrected chi connectivity index (χ2v) is 3.56. The Morgan fingerprint density at radius 2 is 2.40 bits per heavy atom. The molecule has 15 heavy (non-hydrogen) atoms. The fourth-order valence-corrected chi connectivity index (χ4v) is 1.70. The Labute approximate surface area is 88.3 Å². The molecule has 80 valence electrons. The minimum absolute atomic E-state index is 0.0451. The van der Waals surface area contributed by atoms with Crippen LogP contribution in [0.2, 0.25) is 0 Å². The van der Waals surface area contributed by atoms with Crippen LogP contribution in [0.5, 0.6) is 0 Å². The molecular weight excluding hydrogens is 192 g/mol. The number of anilines is 2. The van der Waals surface area contributed by atoms with Gasteiger partial charge in [-0.05, 0) is 12.5 Å². The van der Waals surface area contributed by atoms with E-state index in [1.54, 1.807) is 12.4 Å². The van der Waals surface area contributed by atoms with Crippen molar-refractivity contribution < 1.29 is 4.79 Å². The van der Waals surface area contributed by atoms with E-state index < -0.39 is 0 Å². The lowest BCUT2D eigenvalue weighted by molar-refractivity contribution is -0.119. The molecular formula is C10H14N4O. The number of pyridine rings is 1. The third-order valence-electron chi connectivity index (χ3n) is 2.43. The summed E-state index contributed by atoms with van der Waals surface area (Å²) < 4.78 is 0. The van der Waals surface area contributed by atoms with Crippen LogP contribution >= 0.6 is 0 Å². The van der Waals surface area contributed by atoms with Gasteiger partial charge in [-0.25, -0.2) is 0 Å². The minimum Gasteiger partial charge on any atom is -0.396 e. The van der Waals surface area contributed by atoms with Crippen LogP contribution in [0.3, 0.4) is 0 Å². The number of nitrogens with two attached hydrogens (primary N) is 1. The lowest BCUT2D eigenvalue weighted by Gasteiger charge is -2.22. The molecule has 1 fully saturated rings. The molecule has 0 saturated carbocycles. The summed E-state index contributed by atoms with van der Waals surface area (Å²) in [6, 6.07) is 1.84. The molecule has 5 heteroatoms. The van der Waals surface area contributed by atoms with E-state index in [1.165, 1.54) is 0 Å². The maximum absolute atomic E-state index is 11.4. The van der Waals surface area contributed by atoms with E-state index in [0.717, 1.165) is 25.2 Å². The van der Waals surface area contributed by atoms with Crippen LogP contribution in [-0.2, 0) is 4.79 Å². The third kappa shape index (κ3) is 2.18. The van der Waals surface area contributed by atoms with Crippen molar-refractivity contribution in [1.82, 2.24) is 10.3 Å². The second-order valence-electron chi connectivity index (χ2n) is 3.56. The fraction of sp³-hybridized carbons (Fsp3) is 0.400. The second kappa shape index (κ2) is 4.16. The number of hydrogen-bond acceptors (Lipinski definition) is 4. The van der Waals surface area contributed by atoms with Crippen molar-refractivity contribution in [2.24, 2.45) is 0 Å². The van der Waals surface area contributed by atoms with Crippen LogP contribution in [0.25, 0.3) is 0 Å². The number of amides is 1. The molecule has 0 unspecified atom stereocenters. The normalized spacial score (nSPS) is 17.1. The van der Waals surface area contributed by atoms with E-state index in [2.05, 4.69) is 10.3 Å². The first kappa shape index (κ1) is 9.76. The highest BCUT2D eigenvalue weighted by atomic mass is 16.2. The van der Waals surface area contributed by atoms with Gasteiger partial charge in [-0.2, -0.15) is 0 Å². The molecule has 1 aliphatic rings. The summed E-state index contributed by atoms with van der Waals surface area (Å²) in [4.78, 5) is 17.3. The van der Waals surface area contributed by atoms with Gasteiger partial charge < -0.3 is 16.0 Å². The van der Waals surface area contributed by atoms with Crippen LogP contribution in [0.1, 0.15) is 6.42 Å². The topological polar surface area (TPSA) is 71.2 Å². The highest BCUT2D eigenvalue weighted by Crippen LogP contribution is 2.21. The van der Waals surface area contributed by atoms with Crippen molar-refractivity contribution in [3.05, 3.63) is 18.5 Å². The van der Waals surface area contributed by atoms with Crippen LogP contribution in [0.4, 0.5) is 11.4 Å². The van der Waals surface area contributed by atoms with Crippen molar-refractivity contribution >= 4 is 17.3 Å². The molecule has 1 amide bonds. The molecule has 0 atom stereocenters. The Kier molecular flexibility index (Phi) is 2.71. The number of hydrogen-bond donors (Lipinski definition) is 2. The zero-order valence-corrected chi connectivity index (χ0v) is 8.44. The van der Waals surface area contributed by atoms with E-state index in [1.807, 2.05) is 11.0 Å². The van der Waals surface area contributed by atoms with Crippen molar-refractivity contribution in [1.29, 1.82) is 0 Å². The minimum atomic E-state index is 0.0451. The van der Waals surface area contributed by atoms with Gasteiger partial charge in [-0.15, -0.1) is 0 Å². The number of nitrogens with zero attached hydrogens (tertiary/aromatic N) is 2. The maximum atomic E-state index is 11.4. The molecule has 0 bridgehead atoms. The standard InChI is InChI=1S/C10H14N4O/c11-8-6-12-4-2-9(8)14-5-1-3-13-10(15)7-14/h2,4,6H,1,3,5,7,11H2,(H,13,15). The quantitative estimate of drug-likeness (QED) is 0.678. The number of nitrogens with one attached hydrogen (secondary N) is 1. The molecule has 3 N–H and O–H groups in total. The lowest BCUT2D eigenvalue weighted by atomic mass is 10.3. The zero-order chi connectivity index (χ0) is 10.7. The van der Waals surface area contributed by atoms with Gasteiger partial charge in [-0.3, -0.25) is 9.78 Å². The molecule has 1 aromatic heterocycles. The van der Waals surface area contributed by atoms with E-state index in [9.17, 15) is 4.79 Å². The molecule has 1 aromatic rings. The Bertz CT molecular complexity index is 366. The van der Waals surface area contributed by atoms with Gasteiger partial charge in [0.05, 0.1) is 24.1 Å². The summed E-state index contributed by atoms with van der Waals surface area (Å²) in [5.74, 6) is 0.0451. The van der Waals surface area contributed by atoms with Gasteiger partial charge in [0.25, 0.3) is 0 Å². The first-order valence-electron chi connectivity index (χ1n) is 4.98. The van der Waals surface area contributed by atoms with Crippen molar-refractivity contribution in [2.75, 3.05) is 30.3 Å². The molecule has 0 aromatic carbocycles. The Balaban J connectivity index is 2.22. The Morgan fingerprint density at radius 1 is 1.53 bits per heavy atom. The van der Waals surface area contributed by atoms with Crippen LogP contribution in [-0.4, -0.2) is 30.5 Å². The highest BCUT2D eigenvalue weighted by Gasteiger charge is 2.16. The Hall–Kier alpha value is -1.78. The van der Waals surface area contributed by atoms with Gasteiger partial charge in [0.1, 0.15) is 0 Å². The monoisotopic (exact) mass is 206 g/mol. The van der Waals surface area contributed by atoms with Gasteiger partial charge in [-0.1, -0.05) is 0 Å². The zero-order valence-electron chi connectivity index (χ0n) is 8.44. The first-order chi connectivity index (χ1) is 7.27. The third-order valence-corrected chi connectivity index (χ3v) is 2.43. The van der Waals surface area contributed by atoms with Crippen molar-refractivity contribution in [3.8, 4) is 0 Å². The molecule has 1 aliphatic heterocycles. The molecule has 2 heterocycles. The largest absolute Gasteiger partial charge is 0.396 e. The van der Waals surface area contributed by atoms with E-state index >= 15 is 0 Å². The maximum Gasteiger partial charge on any atom is 0.239 e. The van der Waals surface area contributed by atoms with E-state index in [0.29, 0.717) is 12.2 Å². The molecule has 0 aliphatic carbocycles. The van der Waals surface area contributed by atoms with Crippen molar-refractivity contribution in [2.45, 2.75) is 6.42 Å². The summed E-state index contributed by atoms with van der Waals surface area (Å²) >= 11 is 0. The molecule has 5 nitrogen and oxygen atoms in total. The summed E-state index contributed by atoms with van der Waals surface area (Å²) in [5, 5.41) is 2.83. The van der Waals surface area contributed by atoms with E-state index in [4.69, 9.17) is 5.73 Å². The number of carbonyl (C=O) groups is 1. The predicted molar refractivity (Wildman–Crippen MR) is 58.5 cm³/mol. The van der Waals surface area contributed by atoms with Gasteiger partial charge in [0.15, 0.2) is 0 Å². The summed E-state index contributed by atoms with van der Waals surface area (Å²) in [5.41, 5.74) is 7.32. The average molecular weight is 206 g/mol. The van der Waals surface area contributed by atoms with Gasteiger partial charge in [0.2, 0.25) is 5.91 Å². The highest BCUT2D eigenvalue weighted by molar-refractivity contribution is 5.83. The summed E-state index contributed by atoms with van der Waals surface area (Å²) in [6.45, 7) is 1.95. The van der Waals surface area contributed by atoms with Crippen LogP contribution < -0.4 is 16.0 Å². The predicted octanol–water partition coefficient (Wildman–Crippen LogP) is -0.00990. The number of rotatable bonds is 1.